The second kappa shape index (κ2) is 11.2. The van der Waals surface area contributed by atoms with Crippen LogP contribution in [0.3, 0.4) is 0 Å². The first-order valence-electron chi connectivity index (χ1n) is 11.4. The van der Waals surface area contributed by atoms with Gasteiger partial charge in [-0.2, -0.15) is 5.10 Å². The largest absolute Gasteiger partial charge is 0.460 e. The summed E-state index contributed by atoms with van der Waals surface area (Å²) >= 11 is 0. The van der Waals surface area contributed by atoms with Gasteiger partial charge in [0.1, 0.15) is 11.5 Å². The van der Waals surface area contributed by atoms with Crippen molar-refractivity contribution in [1.29, 1.82) is 0 Å². The molecule has 0 radical (unpaired) electrons. The molecular weight excluding hydrogens is 452 g/mol. The molecular formula is C28H28N6O2. The van der Waals surface area contributed by atoms with Crippen LogP contribution in [0.4, 0.5) is 5.69 Å². The van der Waals surface area contributed by atoms with Gasteiger partial charge in [-0.05, 0) is 62.5 Å². The van der Waals surface area contributed by atoms with Crippen molar-refractivity contribution in [2.45, 2.75) is 13.5 Å². The van der Waals surface area contributed by atoms with E-state index in [1.807, 2.05) is 74.5 Å². The fraction of sp³-hybridized carbons (Fsp3) is 0.143. The average Bonchev–Trinajstić information content (AvgIpc) is 3.28. The number of hydrogen-bond acceptors (Lipinski definition) is 6. The Bertz CT molecular complexity index is 1450. The Morgan fingerprint density at radius 1 is 1.08 bits per heavy atom. The Labute approximate surface area is 210 Å². The van der Waals surface area contributed by atoms with E-state index in [-0.39, 0.29) is 5.91 Å². The average molecular weight is 481 g/mol. The Balaban J connectivity index is 1.57. The van der Waals surface area contributed by atoms with E-state index in [2.05, 4.69) is 32.1 Å². The van der Waals surface area contributed by atoms with Crippen LogP contribution in [0, 0.1) is 0 Å². The van der Waals surface area contributed by atoms with Gasteiger partial charge in [0.25, 0.3) is 5.91 Å². The highest BCUT2D eigenvalue weighted by Gasteiger charge is 2.16. The number of hydrogen-bond donors (Lipinski definition) is 2. The van der Waals surface area contributed by atoms with E-state index in [4.69, 9.17) is 4.74 Å². The van der Waals surface area contributed by atoms with Gasteiger partial charge >= 0.3 is 0 Å². The molecule has 182 valence electrons. The summed E-state index contributed by atoms with van der Waals surface area (Å²) in [4.78, 5) is 23.7. The normalized spacial score (nSPS) is 11.8. The summed E-state index contributed by atoms with van der Waals surface area (Å²) < 4.78 is 5.88. The third-order valence-electron chi connectivity index (χ3n) is 5.23. The number of rotatable bonds is 9. The predicted octanol–water partition coefficient (Wildman–Crippen LogP) is 5.36. The van der Waals surface area contributed by atoms with Gasteiger partial charge in [-0.15, -0.1) is 0 Å². The first kappa shape index (κ1) is 24.6. The van der Waals surface area contributed by atoms with Crippen molar-refractivity contribution in [1.82, 2.24) is 25.1 Å². The quantitative estimate of drug-likeness (QED) is 0.247. The molecule has 0 fully saturated rings. The Kier molecular flexibility index (Phi) is 7.67. The van der Waals surface area contributed by atoms with Gasteiger partial charge in [-0.1, -0.05) is 30.9 Å². The number of pyridine rings is 2. The fourth-order valence-corrected chi connectivity index (χ4v) is 3.69. The minimum atomic E-state index is -0.314. The number of ether oxygens (including phenoxy) is 1. The molecule has 0 bridgehead atoms. The predicted molar refractivity (Wildman–Crippen MR) is 143 cm³/mol. The van der Waals surface area contributed by atoms with Crippen LogP contribution in [-0.4, -0.2) is 45.1 Å². The lowest BCUT2D eigenvalue weighted by Gasteiger charge is -2.10. The summed E-state index contributed by atoms with van der Waals surface area (Å²) in [6.07, 6.45) is 14.1. The van der Waals surface area contributed by atoms with Crippen LogP contribution in [0.15, 0.2) is 91.8 Å². The molecule has 4 aromatic rings. The van der Waals surface area contributed by atoms with Gasteiger partial charge in [-0.3, -0.25) is 19.9 Å². The van der Waals surface area contributed by atoms with E-state index in [0.717, 1.165) is 34.5 Å². The number of amides is 1. The number of carbonyl (C=O) groups excluding carboxylic acids is 1. The summed E-state index contributed by atoms with van der Waals surface area (Å²) in [6, 6.07) is 9.58. The van der Waals surface area contributed by atoms with Crippen LogP contribution >= 0.6 is 0 Å². The Morgan fingerprint density at radius 3 is 2.72 bits per heavy atom. The number of H-pyrrole nitrogens is 1. The molecule has 0 aliphatic rings. The van der Waals surface area contributed by atoms with Gasteiger partial charge in [-0.25, -0.2) is 0 Å². The standard InChI is InChI=1S/C28H28N6O2/c1-5-6-7-8-19(2)36-24-12-22(15-30-17-24)21-9-10-26-25(13-21)27(33-32-26)28(35)31-23-11-20(14-29-16-23)18-34(3)4/h5-17H,1,18H2,2-4H3,(H,31,35)(H,32,33)/b7-6-,19-8+. The maximum absolute atomic E-state index is 13.1. The van der Waals surface area contributed by atoms with E-state index in [1.165, 1.54) is 0 Å². The van der Waals surface area contributed by atoms with Crippen LogP contribution in [0.5, 0.6) is 5.75 Å². The lowest BCUT2D eigenvalue weighted by molar-refractivity contribution is 0.102. The van der Waals surface area contributed by atoms with E-state index in [0.29, 0.717) is 22.5 Å². The minimum Gasteiger partial charge on any atom is -0.460 e. The van der Waals surface area contributed by atoms with Crippen LogP contribution < -0.4 is 10.1 Å². The zero-order valence-electron chi connectivity index (χ0n) is 20.5. The summed E-state index contributed by atoms with van der Waals surface area (Å²) in [5.74, 6) is 1.02. The molecule has 0 spiro atoms. The Hall–Kier alpha value is -4.56. The number of allylic oxidation sites excluding steroid dienone is 5. The van der Waals surface area contributed by atoms with Gasteiger partial charge < -0.3 is 15.0 Å². The van der Waals surface area contributed by atoms with Crippen molar-refractivity contribution >= 4 is 22.5 Å². The molecule has 3 aromatic heterocycles. The second-order valence-corrected chi connectivity index (χ2v) is 8.52. The number of benzene rings is 1. The molecule has 0 saturated carbocycles. The molecule has 0 unspecified atom stereocenters. The topological polar surface area (TPSA) is 96.0 Å². The zero-order chi connectivity index (χ0) is 25.5. The molecule has 0 aliphatic heterocycles. The van der Waals surface area contributed by atoms with Crippen LogP contribution in [-0.2, 0) is 6.54 Å². The van der Waals surface area contributed by atoms with Gasteiger partial charge in [0.15, 0.2) is 5.69 Å². The van der Waals surface area contributed by atoms with Crippen LogP contribution in [0.25, 0.3) is 22.0 Å². The highest BCUT2D eigenvalue weighted by molar-refractivity contribution is 6.11. The molecule has 0 atom stereocenters. The van der Waals surface area contributed by atoms with Crippen molar-refractivity contribution in [2.24, 2.45) is 0 Å². The van der Waals surface area contributed by atoms with Crippen molar-refractivity contribution in [3.05, 3.63) is 103 Å². The lowest BCUT2D eigenvalue weighted by atomic mass is 10.0. The van der Waals surface area contributed by atoms with Crippen molar-refractivity contribution < 1.29 is 9.53 Å². The van der Waals surface area contributed by atoms with E-state index >= 15 is 0 Å². The molecule has 0 aliphatic carbocycles. The van der Waals surface area contributed by atoms with Gasteiger partial charge in [0, 0.05) is 29.9 Å². The van der Waals surface area contributed by atoms with Crippen LogP contribution in [0.1, 0.15) is 23.0 Å². The number of nitrogens with one attached hydrogen (secondary N) is 2. The monoisotopic (exact) mass is 480 g/mol. The summed E-state index contributed by atoms with van der Waals surface area (Å²) in [6.45, 7) is 6.25. The molecule has 8 heteroatoms. The zero-order valence-corrected chi connectivity index (χ0v) is 20.5. The third kappa shape index (κ3) is 6.11. The minimum absolute atomic E-state index is 0.304. The summed E-state index contributed by atoms with van der Waals surface area (Å²) in [5.41, 5.74) is 4.43. The number of fused-ring (bicyclic) bond motifs is 1. The van der Waals surface area contributed by atoms with E-state index in [9.17, 15) is 4.79 Å². The number of carbonyl (C=O) groups is 1. The number of anilines is 1. The molecule has 36 heavy (non-hydrogen) atoms. The molecule has 1 amide bonds. The van der Waals surface area contributed by atoms with Crippen molar-refractivity contribution in [3.63, 3.8) is 0 Å². The summed E-state index contributed by atoms with van der Waals surface area (Å²) in [7, 11) is 3.96. The number of aromatic amines is 1. The Morgan fingerprint density at radius 2 is 1.92 bits per heavy atom. The highest BCUT2D eigenvalue weighted by atomic mass is 16.5. The van der Waals surface area contributed by atoms with E-state index in [1.54, 1.807) is 30.9 Å². The number of nitrogens with zero attached hydrogens (tertiary/aromatic N) is 4. The molecule has 3 heterocycles. The van der Waals surface area contributed by atoms with Gasteiger partial charge in [0.05, 0.1) is 23.6 Å². The lowest BCUT2D eigenvalue weighted by Crippen LogP contribution is -2.14. The van der Waals surface area contributed by atoms with Crippen molar-refractivity contribution in [3.8, 4) is 16.9 Å². The molecule has 8 nitrogen and oxygen atoms in total. The first-order valence-corrected chi connectivity index (χ1v) is 11.4. The van der Waals surface area contributed by atoms with Gasteiger partial charge in [0.2, 0.25) is 0 Å². The SMILES string of the molecule is C=C/C=C\C=C(/C)Oc1cncc(-c2ccc3[nH]nc(C(=O)Nc4cncc(CN(C)C)c4)c3c2)c1. The van der Waals surface area contributed by atoms with E-state index < -0.39 is 0 Å². The first-order chi connectivity index (χ1) is 17.4. The maximum atomic E-state index is 13.1. The molecule has 2 N–H and O–H groups in total. The molecule has 0 saturated heterocycles. The molecule has 4 rings (SSSR count). The third-order valence-corrected chi connectivity index (χ3v) is 5.23. The maximum Gasteiger partial charge on any atom is 0.276 e. The number of aromatic nitrogens is 4. The fourth-order valence-electron chi connectivity index (χ4n) is 3.69. The second-order valence-electron chi connectivity index (χ2n) is 8.52. The molecule has 1 aromatic carbocycles. The summed E-state index contributed by atoms with van der Waals surface area (Å²) in [5, 5.41) is 10.8. The van der Waals surface area contributed by atoms with Crippen molar-refractivity contribution in [2.75, 3.05) is 19.4 Å². The van der Waals surface area contributed by atoms with Crippen LogP contribution in [0.2, 0.25) is 0 Å². The smallest absolute Gasteiger partial charge is 0.276 e. The highest BCUT2D eigenvalue weighted by Crippen LogP contribution is 2.28.